The maximum Gasteiger partial charge on any atom is 0.336 e. The minimum atomic E-state index is -1.55. The number of methoxy groups -OCH3 is 1. The quantitative estimate of drug-likeness (QED) is 0.636. The highest BCUT2D eigenvalue weighted by molar-refractivity contribution is 5.89. The van der Waals surface area contributed by atoms with E-state index in [2.05, 4.69) is 4.74 Å². The monoisotopic (exact) mass is 298 g/mol. The Morgan fingerprint density at radius 3 is 2.48 bits per heavy atom. The predicted molar refractivity (Wildman–Crippen MR) is 72.2 cm³/mol. The summed E-state index contributed by atoms with van der Waals surface area (Å²) in [5, 5.41) is 29.0. The largest absolute Gasteiger partial charge is 0.497 e. The van der Waals surface area contributed by atoms with Crippen molar-refractivity contribution in [1.29, 1.82) is 0 Å². The molecule has 7 heteroatoms. The molecule has 0 aliphatic carbocycles. The summed E-state index contributed by atoms with van der Waals surface area (Å²) in [6, 6.07) is 4.00. The number of ether oxygens (including phenoxy) is 2. The number of carboxylic acids is 1. The van der Waals surface area contributed by atoms with Crippen LogP contribution in [0.25, 0.3) is 0 Å². The molecule has 0 saturated carbocycles. The second kappa shape index (κ2) is 7.61. The summed E-state index contributed by atoms with van der Waals surface area (Å²) in [5.74, 6) is -1.60. The number of esters is 1. The third kappa shape index (κ3) is 4.44. The second-order valence-electron chi connectivity index (χ2n) is 4.28. The molecular formula is C14H18O7. The van der Waals surface area contributed by atoms with Crippen molar-refractivity contribution in [3.8, 4) is 5.75 Å². The lowest BCUT2D eigenvalue weighted by Crippen LogP contribution is -2.24. The lowest BCUT2D eigenvalue weighted by atomic mass is 9.96. The highest BCUT2D eigenvalue weighted by Crippen LogP contribution is 2.27. The van der Waals surface area contributed by atoms with Crippen LogP contribution in [0.2, 0.25) is 0 Å². The fraction of sp³-hybridized carbons (Fsp3) is 0.429. The van der Waals surface area contributed by atoms with E-state index in [0.29, 0.717) is 5.75 Å². The fourth-order valence-electron chi connectivity index (χ4n) is 1.82. The number of aliphatic hydroxyl groups excluding tert-OH is 2. The first-order chi connectivity index (χ1) is 9.90. The Kier molecular flexibility index (Phi) is 6.13. The highest BCUT2D eigenvalue weighted by atomic mass is 16.5. The van der Waals surface area contributed by atoms with E-state index in [0.717, 1.165) is 0 Å². The van der Waals surface area contributed by atoms with Gasteiger partial charge in [0.1, 0.15) is 11.9 Å². The Labute approximate surface area is 121 Å². The lowest BCUT2D eigenvalue weighted by Gasteiger charge is -2.19. The molecule has 0 aliphatic heterocycles. The normalized spacial score (nSPS) is 13.3. The van der Waals surface area contributed by atoms with E-state index in [1.54, 1.807) is 6.92 Å². The molecule has 0 fully saturated rings. The zero-order valence-electron chi connectivity index (χ0n) is 11.8. The Morgan fingerprint density at radius 2 is 1.95 bits per heavy atom. The van der Waals surface area contributed by atoms with Crippen LogP contribution in [0.4, 0.5) is 0 Å². The zero-order valence-corrected chi connectivity index (χ0v) is 11.8. The van der Waals surface area contributed by atoms with Crippen molar-refractivity contribution in [2.45, 2.75) is 25.6 Å². The van der Waals surface area contributed by atoms with Crippen molar-refractivity contribution in [3.05, 3.63) is 29.3 Å². The summed E-state index contributed by atoms with van der Waals surface area (Å²) in [7, 11) is 1.39. The van der Waals surface area contributed by atoms with Crippen LogP contribution in [0, 0.1) is 0 Å². The van der Waals surface area contributed by atoms with Crippen molar-refractivity contribution in [3.63, 3.8) is 0 Å². The summed E-state index contributed by atoms with van der Waals surface area (Å²) in [6.45, 7) is 1.77. The molecule has 7 nitrogen and oxygen atoms in total. The fourth-order valence-corrected chi connectivity index (χ4v) is 1.82. The molecular weight excluding hydrogens is 280 g/mol. The molecule has 0 radical (unpaired) electrons. The number of carbonyl (C=O) groups excluding carboxylic acids is 1. The number of aromatic carboxylic acids is 1. The van der Waals surface area contributed by atoms with E-state index < -0.39 is 30.6 Å². The van der Waals surface area contributed by atoms with Gasteiger partial charge in [0.2, 0.25) is 0 Å². The molecule has 2 atom stereocenters. The molecule has 2 unspecified atom stereocenters. The molecule has 0 aliphatic rings. The van der Waals surface area contributed by atoms with Gasteiger partial charge in [0.05, 0.1) is 31.8 Å². The molecule has 1 rings (SSSR count). The number of benzene rings is 1. The van der Waals surface area contributed by atoms with Crippen LogP contribution in [-0.2, 0) is 9.53 Å². The van der Waals surface area contributed by atoms with E-state index in [-0.39, 0.29) is 17.7 Å². The van der Waals surface area contributed by atoms with Crippen LogP contribution in [0.15, 0.2) is 18.2 Å². The Bertz CT molecular complexity index is 512. The van der Waals surface area contributed by atoms with Crippen LogP contribution in [0.5, 0.6) is 5.75 Å². The highest BCUT2D eigenvalue weighted by Gasteiger charge is 2.26. The number of rotatable bonds is 7. The van der Waals surface area contributed by atoms with E-state index in [1.807, 2.05) is 0 Å². The van der Waals surface area contributed by atoms with Gasteiger partial charge < -0.3 is 24.8 Å². The third-order valence-electron chi connectivity index (χ3n) is 2.85. The predicted octanol–water partition coefficient (Wildman–Crippen LogP) is 0.741. The standard InChI is InChI=1S/C14H18O7/c1-3-21-12(16)7-11(15)13(17)10-6-8(20-2)4-5-9(10)14(18)19/h4-6,11,13,15,17H,3,7H2,1-2H3,(H,18,19). The van der Waals surface area contributed by atoms with Gasteiger partial charge >= 0.3 is 11.9 Å². The maximum absolute atomic E-state index is 11.3. The molecule has 0 spiro atoms. The van der Waals surface area contributed by atoms with Gasteiger partial charge in [0, 0.05) is 5.56 Å². The van der Waals surface area contributed by atoms with E-state index in [4.69, 9.17) is 9.84 Å². The number of hydrogen-bond donors (Lipinski definition) is 3. The molecule has 3 N–H and O–H groups in total. The SMILES string of the molecule is CCOC(=O)CC(O)C(O)c1cc(OC)ccc1C(=O)O. The van der Waals surface area contributed by atoms with Crippen molar-refractivity contribution >= 4 is 11.9 Å². The van der Waals surface area contributed by atoms with Crippen molar-refractivity contribution in [1.82, 2.24) is 0 Å². The van der Waals surface area contributed by atoms with Gasteiger partial charge in [-0.3, -0.25) is 4.79 Å². The molecule has 0 saturated heterocycles. The van der Waals surface area contributed by atoms with Gasteiger partial charge in [-0.1, -0.05) is 0 Å². The molecule has 0 aromatic heterocycles. The molecule has 0 bridgehead atoms. The first-order valence-electron chi connectivity index (χ1n) is 6.33. The van der Waals surface area contributed by atoms with Crippen LogP contribution >= 0.6 is 0 Å². The summed E-state index contributed by atoms with van der Waals surface area (Å²) in [4.78, 5) is 22.4. The minimum absolute atomic E-state index is 0.0290. The molecule has 1 aromatic rings. The number of carbonyl (C=O) groups is 2. The van der Waals surface area contributed by atoms with Gasteiger partial charge in [-0.2, -0.15) is 0 Å². The van der Waals surface area contributed by atoms with Crippen LogP contribution in [-0.4, -0.2) is 47.1 Å². The van der Waals surface area contributed by atoms with E-state index in [9.17, 15) is 19.8 Å². The van der Waals surface area contributed by atoms with Gasteiger partial charge in [0.25, 0.3) is 0 Å². The molecule has 21 heavy (non-hydrogen) atoms. The number of aliphatic hydroxyl groups is 2. The smallest absolute Gasteiger partial charge is 0.336 e. The Morgan fingerprint density at radius 1 is 1.29 bits per heavy atom. The summed E-state index contributed by atoms with van der Waals surface area (Å²) >= 11 is 0. The zero-order chi connectivity index (χ0) is 16.0. The number of carboxylic acid groups (broad SMARTS) is 1. The van der Waals surface area contributed by atoms with Crippen molar-refractivity contribution in [2.24, 2.45) is 0 Å². The van der Waals surface area contributed by atoms with Gasteiger partial charge in [-0.05, 0) is 25.1 Å². The third-order valence-corrected chi connectivity index (χ3v) is 2.85. The lowest BCUT2D eigenvalue weighted by molar-refractivity contribution is -0.147. The first-order valence-corrected chi connectivity index (χ1v) is 6.33. The van der Waals surface area contributed by atoms with Crippen molar-refractivity contribution in [2.75, 3.05) is 13.7 Å². The molecule has 116 valence electrons. The summed E-state index contributed by atoms with van der Waals surface area (Å²) < 4.78 is 9.63. The Hall–Kier alpha value is -2.12. The van der Waals surface area contributed by atoms with Crippen LogP contribution < -0.4 is 4.74 Å². The molecule has 0 heterocycles. The van der Waals surface area contributed by atoms with E-state index in [1.165, 1.54) is 25.3 Å². The molecule has 0 amide bonds. The first kappa shape index (κ1) is 16.9. The summed E-state index contributed by atoms with van der Waals surface area (Å²) in [6.07, 6.45) is -3.46. The second-order valence-corrected chi connectivity index (χ2v) is 4.28. The van der Waals surface area contributed by atoms with Crippen LogP contribution in [0.3, 0.4) is 0 Å². The van der Waals surface area contributed by atoms with Gasteiger partial charge in [0.15, 0.2) is 0 Å². The topological polar surface area (TPSA) is 113 Å². The molecule has 1 aromatic carbocycles. The average Bonchev–Trinajstić information content (AvgIpc) is 2.45. The average molecular weight is 298 g/mol. The van der Waals surface area contributed by atoms with Gasteiger partial charge in [-0.15, -0.1) is 0 Å². The van der Waals surface area contributed by atoms with Gasteiger partial charge in [-0.25, -0.2) is 4.79 Å². The Balaban J connectivity index is 3.01. The van der Waals surface area contributed by atoms with Crippen molar-refractivity contribution < 1.29 is 34.4 Å². The van der Waals surface area contributed by atoms with E-state index >= 15 is 0 Å². The van der Waals surface area contributed by atoms with Crippen LogP contribution in [0.1, 0.15) is 35.4 Å². The maximum atomic E-state index is 11.3. The minimum Gasteiger partial charge on any atom is -0.497 e. The summed E-state index contributed by atoms with van der Waals surface area (Å²) in [5.41, 5.74) is -0.204. The number of hydrogen-bond acceptors (Lipinski definition) is 6.